The third kappa shape index (κ3) is 4.23. The van der Waals surface area contributed by atoms with E-state index < -0.39 is 0 Å². The maximum atomic E-state index is 5.24. The predicted octanol–water partition coefficient (Wildman–Crippen LogP) is 1.85. The Morgan fingerprint density at radius 3 is 2.64 bits per heavy atom. The normalized spacial score (nSPS) is 15.8. The fourth-order valence-corrected chi connectivity index (χ4v) is 3.46. The topological polar surface area (TPSA) is 70.8 Å². The Morgan fingerprint density at radius 1 is 1.11 bits per heavy atom. The van der Waals surface area contributed by atoms with E-state index >= 15 is 0 Å². The molecule has 0 unspecified atom stereocenters. The van der Waals surface area contributed by atoms with E-state index in [0.29, 0.717) is 0 Å². The second-order valence-corrected chi connectivity index (χ2v) is 7.20. The second-order valence-electron chi connectivity index (χ2n) is 7.20. The summed E-state index contributed by atoms with van der Waals surface area (Å²) in [6.07, 6.45) is 2.72. The minimum absolute atomic E-state index is 0.747. The van der Waals surface area contributed by atoms with Gasteiger partial charge in [0.2, 0.25) is 5.65 Å². The predicted molar refractivity (Wildman–Crippen MR) is 110 cm³/mol. The van der Waals surface area contributed by atoms with Gasteiger partial charge in [-0.1, -0.05) is 0 Å². The van der Waals surface area contributed by atoms with Gasteiger partial charge in [0.05, 0.1) is 18.5 Å². The zero-order valence-corrected chi connectivity index (χ0v) is 16.5. The summed E-state index contributed by atoms with van der Waals surface area (Å²) in [5.41, 5.74) is 3.60. The number of benzene rings is 1. The molecule has 2 aromatic heterocycles. The van der Waals surface area contributed by atoms with E-state index in [1.54, 1.807) is 18.0 Å². The molecular formula is C20H27N7O. The third-order valence-electron chi connectivity index (χ3n) is 5.22. The number of hydrogen-bond donors (Lipinski definition) is 1. The molecule has 1 saturated heterocycles. The monoisotopic (exact) mass is 381 g/mol. The molecule has 0 atom stereocenters. The fraction of sp³-hybridized carbons (Fsp3) is 0.450. The van der Waals surface area contributed by atoms with Gasteiger partial charge in [-0.05, 0) is 50.3 Å². The van der Waals surface area contributed by atoms with Gasteiger partial charge in [0, 0.05) is 38.3 Å². The number of hydrogen-bond acceptors (Lipinski definition) is 7. The van der Waals surface area contributed by atoms with Crippen molar-refractivity contribution in [1.82, 2.24) is 29.6 Å². The highest BCUT2D eigenvalue weighted by Crippen LogP contribution is 2.24. The van der Waals surface area contributed by atoms with Crippen molar-refractivity contribution in [3.05, 3.63) is 36.7 Å². The van der Waals surface area contributed by atoms with E-state index in [1.807, 2.05) is 30.3 Å². The van der Waals surface area contributed by atoms with Crippen molar-refractivity contribution >= 4 is 11.3 Å². The molecule has 8 nitrogen and oxygen atoms in total. The van der Waals surface area contributed by atoms with Crippen LogP contribution in [0, 0.1) is 0 Å². The van der Waals surface area contributed by atoms with Gasteiger partial charge >= 0.3 is 0 Å². The van der Waals surface area contributed by atoms with E-state index in [4.69, 9.17) is 4.74 Å². The number of anilines is 1. The van der Waals surface area contributed by atoms with Crippen molar-refractivity contribution in [2.45, 2.75) is 6.42 Å². The second kappa shape index (κ2) is 8.53. The van der Waals surface area contributed by atoms with E-state index in [-0.39, 0.29) is 0 Å². The molecule has 1 aromatic carbocycles. The largest absolute Gasteiger partial charge is 0.497 e. The molecule has 1 fully saturated rings. The molecule has 0 aliphatic carbocycles. The molecule has 0 amide bonds. The molecule has 1 aliphatic rings. The molecule has 0 saturated carbocycles. The highest BCUT2D eigenvalue weighted by atomic mass is 16.5. The number of nitrogens with one attached hydrogen (secondary N) is 1. The van der Waals surface area contributed by atoms with Crippen molar-refractivity contribution in [2.75, 3.05) is 58.7 Å². The number of methoxy groups -OCH3 is 1. The molecular weight excluding hydrogens is 354 g/mol. The number of nitrogens with zero attached hydrogens (tertiary/aromatic N) is 6. The lowest BCUT2D eigenvalue weighted by molar-refractivity contribution is 0.154. The van der Waals surface area contributed by atoms with Crippen molar-refractivity contribution in [3.8, 4) is 17.0 Å². The van der Waals surface area contributed by atoms with Gasteiger partial charge < -0.3 is 19.9 Å². The quantitative estimate of drug-likeness (QED) is 0.626. The number of aromatic nitrogens is 4. The van der Waals surface area contributed by atoms with Crippen LogP contribution in [0.5, 0.6) is 5.75 Å². The summed E-state index contributed by atoms with van der Waals surface area (Å²) in [4.78, 5) is 4.91. The van der Waals surface area contributed by atoms with Crippen molar-refractivity contribution in [3.63, 3.8) is 0 Å². The number of likely N-dealkylation sites (N-methyl/N-ethyl adjacent to an activating group) is 1. The Kier molecular flexibility index (Phi) is 5.68. The van der Waals surface area contributed by atoms with E-state index in [2.05, 4.69) is 37.5 Å². The number of ether oxygens (including phenoxy) is 1. The van der Waals surface area contributed by atoms with Crippen molar-refractivity contribution in [2.24, 2.45) is 0 Å². The highest BCUT2D eigenvalue weighted by Gasteiger charge is 2.13. The molecule has 1 N–H and O–H groups in total. The molecule has 0 radical (unpaired) electrons. The van der Waals surface area contributed by atoms with Crippen LogP contribution in [0.3, 0.4) is 0 Å². The summed E-state index contributed by atoms with van der Waals surface area (Å²) >= 11 is 0. The summed E-state index contributed by atoms with van der Waals surface area (Å²) in [5, 5.41) is 16.4. The minimum atomic E-state index is 0.747. The number of piperazine rings is 1. The molecule has 1 aliphatic heterocycles. The minimum Gasteiger partial charge on any atom is -0.497 e. The molecule has 8 heteroatoms. The average molecular weight is 381 g/mol. The van der Waals surface area contributed by atoms with Gasteiger partial charge in [0.15, 0.2) is 0 Å². The van der Waals surface area contributed by atoms with Gasteiger partial charge in [-0.25, -0.2) is 0 Å². The van der Waals surface area contributed by atoms with Crippen LogP contribution in [-0.4, -0.2) is 83.0 Å². The van der Waals surface area contributed by atoms with Gasteiger partial charge in [-0.3, -0.25) is 0 Å². The standard InChI is InChI=1S/C20H27N7O/c1-25-10-12-26(13-11-25)9-3-8-21-19-14-18(24-27-15-22-23-20(19)27)16-4-6-17(28-2)7-5-16/h4-7,14-15,21H,3,8-13H2,1-2H3. The fourth-order valence-electron chi connectivity index (χ4n) is 3.46. The van der Waals surface area contributed by atoms with Crippen LogP contribution in [0.15, 0.2) is 36.7 Å². The lowest BCUT2D eigenvalue weighted by Gasteiger charge is -2.32. The Morgan fingerprint density at radius 2 is 1.89 bits per heavy atom. The van der Waals surface area contributed by atoms with Crippen LogP contribution in [0.2, 0.25) is 0 Å². The number of fused-ring (bicyclic) bond motifs is 1. The van der Waals surface area contributed by atoms with Crippen LogP contribution in [-0.2, 0) is 0 Å². The Labute approximate surface area is 165 Å². The molecule has 4 rings (SSSR count). The molecule has 148 valence electrons. The zero-order valence-electron chi connectivity index (χ0n) is 16.5. The third-order valence-corrected chi connectivity index (χ3v) is 5.22. The zero-order chi connectivity index (χ0) is 19.3. The van der Waals surface area contributed by atoms with Crippen LogP contribution in [0.1, 0.15) is 6.42 Å². The van der Waals surface area contributed by atoms with E-state index in [0.717, 1.165) is 74.0 Å². The Bertz CT molecular complexity index is 901. The lowest BCUT2D eigenvalue weighted by Crippen LogP contribution is -2.44. The first-order valence-electron chi connectivity index (χ1n) is 9.73. The first-order valence-corrected chi connectivity index (χ1v) is 9.73. The average Bonchev–Trinajstić information content (AvgIpc) is 3.21. The molecule has 3 heterocycles. The van der Waals surface area contributed by atoms with Crippen LogP contribution >= 0.6 is 0 Å². The van der Waals surface area contributed by atoms with Crippen LogP contribution in [0.25, 0.3) is 16.9 Å². The first kappa shape index (κ1) is 18.6. The smallest absolute Gasteiger partial charge is 0.200 e. The van der Waals surface area contributed by atoms with Crippen molar-refractivity contribution in [1.29, 1.82) is 0 Å². The Balaban J connectivity index is 1.43. The summed E-state index contributed by atoms with van der Waals surface area (Å²) in [6, 6.07) is 9.94. The van der Waals surface area contributed by atoms with Gasteiger partial charge in [0.25, 0.3) is 0 Å². The maximum Gasteiger partial charge on any atom is 0.200 e. The summed E-state index contributed by atoms with van der Waals surface area (Å²) in [6.45, 7) is 6.62. The Hall–Kier alpha value is -2.71. The molecule has 3 aromatic rings. The SMILES string of the molecule is COc1ccc(-c2cc(NCCCN3CCN(C)CC3)c3nncn3n2)cc1. The van der Waals surface area contributed by atoms with Crippen molar-refractivity contribution < 1.29 is 4.74 Å². The summed E-state index contributed by atoms with van der Waals surface area (Å²) < 4.78 is 6.97. The summed E-state index contributed by atoms with van der Waals surface area (Å²) in [7, 11) is 3.85. The maximum absolute atomic E-state index is 5.24. The lowest BCUT2D eigenvalue weighted by atomic mass is 10.1. The molecule has 0 bridgehead atoms. The van der Waals surface area contributed by atoms with Gasteiger partial charge in [0.1, 0.15) is 12.1 Å². The van der Waals surface area contributed by atoms with Crippen LogP contribution < -0.4 is 10.1 Å². The molecule has 0 spiro atoms. The van der Waals surface area contributed by atoms with Gasteiger partial charge in [-0.2, -0.15) is 9.61 Å². The van der Waals surface area contributed by atoms with Crippen LogP contribution in [0.4, 0.5) is 5.69 Å². The molecule has 28 heavy (non-hydrogen) atoms. The van der Waals surface area contributed by atoms with E-state index in [9.17, 15) is 0 Å². The van der Waals surface area contributed by atoms with Gasteiger partial charge in [-0.15, -0.1) is 10.2 Å². The highest BCUT2D eigenvalue weighted by molar-refractivity contribution is 5.73. The van der Waals surface area contributed by atoms with E-state index in [1.165, 1.54) is 0 Å². The number of rotatable bonds is 7. The summed E-state index contributed by atoms with van der Waals surface area (Å²) in [5.74, 6) is 0.830. The first-order chi connectivity index (χ1) is 13.7.